The third-order valence-electron chi connectivity index (χ3n) is 4.58. The molecule has 28 heavy (non-hydrogen) atoms. The highest BCUT2D eigenvalue weighted by Crippen LogP contribution is 2.29. The molecule has 0 aromatic heterocycles. The van der Waals surface area contributed by atoms with Crippen molar-refractivity contribution in [1.29, 1.82) is 0 Å². The highest BCUT2D eigenvalue weighted by Gasteiger charge is 2.42. The van der Waals surface area contributed by atoms with Gasteiger partial charge in [0.15, 0.2) is 6.61 Å². The van der Waals surface area contributed by atoms with Crippen molar-refractivity contribution >= 4 is 23.3 Å². The van der Waals surface area contributed by atoms with E-state index < -0.39 is 18.1 Å². The van der Waals surface area contributed by atoms with E-state index in [0.717, 1.165) is 26.7 Å². The summed E-state index contributed by atoms with van der Waals surface area (Å²) in [4.78, 5) is 28.6. The van der Waals surface area contributed by atoms with E-state index in [1.54, 1.807) is 0 Å². The number of alkyl halides is 3. The monoisotopic (exact) mass is 397 g/mol. The molecule has 9 heteroatoms. The number of likely N-dealkylation sites (N-methyl/N-ethyl adjacent to an activating group) is 1. The minimum Gasteiger partial charge on any atom is -0.449 e. The Hall–Kier alpha value is -2.73. The molecule has 1 aromatic carbocycles. The highest BCUT2D eigenvalue weighted by atomic mass is 19.4. The predicted molar refractivity (Wildman–Crippen MR) is 99.3 cm³/mol. The fraction of sp³-hybridized carbons (Fsp3) is 0.474. The van der Waals surface area contributed by atoms with Gasteiger partial charge in [0.2, 0.25) is 0 Å². The van der Waals surface area contributed by atoms with Crippen LogP contribution in [-0.4, -0.2) is 69.3 Å². The average Bonchev–Trinajstić information content (AvgIpc) is 2.69. The zero-order chi connectivity index (χ0) is 20.9. The number of amides is 1. The van der Waals surface area contributed by atoms with Gasteiger partial charge >= 0.3 is 18.1 Å². The summed E-state index contributed by atoms with van der Waals surface area (Å²) in [5.41, 5.74) is 0.542. The van der Waals surface area contributed by atoms with E-state index in [4.69, 9.17) is 11.2 Å². The Morgan fingerprint density at radius 3 is 2.43 bits per heavy atom. The van der Waals surface area contributed by atoms with Crippen molar-refractivity contribution in [2.75, 3.05) is 56.2 Å². The molecule has 0 radical (unpaired) electrons. The van der Waals surface area contributed by atoms with Gasteiger partial charge in [-0.25, -0.2) is 4.79 Å². The Morgan fingerprint density at radius 1 is 1.25 bits per heavy atom. The van der Waals surface area contributed by atoms with Gasteiger partial charge in [-0.1, -0.05) is 12.8 Å². The van der Waals surface area contributed by atoms with Gasteiger partial charge in [-0.2, -0.15) is 13.2 Å². The molecule has 1 aliphatic heterocycles. The molecule has 1 aromatic rings. The average molecular weight is 397 g/mol. The van der Waals surface area contributed by atoms with Gasteiger partial charge in [0.1, 0.15) is 0 Å². The van der Waals surface area contributed by atoms with E-state index >= 15 is 0 Å². The first-order valence-corrected chi connectivity index (χ1v) is 8.75. The zero-order valence-electron chi connectivity index (χ0n) is 15.8. The van der Waals surface area contributed by atoms with Crippen LogP contribution in [0.15, 0.2) is 18.2 Å². The molecule has 0 unspecified atom stereocenters. The summed E-state index contributed by atoms with van der Waals surface area (Å²) in [5.74, 6) is -0.598. The molecule has 6 nitrogen and oxygen atoms in total. The van der Waals surface area contributed by atoms with Gasteiger partial charge in [0, 0.05) is 38.9 Å². The van der Waals surface area contributed by atoms with Gasteiger partial charge in [-0.05, 0) is 24.7 Å². The topological polar surface area (TPSA) is 53.1 Å². The molecular formula is C19H22F3N3O3. The second-order valence-electron chi connectivity index (χ2n) is 6.26. The van der Waals surface area contributed by atoms with E-state index in [2.05, 4.69) is 17.7 Å². The summed E-state index contributed by atoms with van der Waals surface area (Å²) in [7, 11) is 1.00. The number of piperazine rings is 1. The third-order valence-corrected chi connectivity index (χ3v) is 4.58. The lowest BCUT2D eigenvalue weighted by molar-refractivity contribution is -0.170. The fourth-order valence-electron chi connectivity index (χ4n) is 2.97. The molecule has 2 rings (SSSR count). The minimum absolute atomic E-state index is 0.0640. The van der Waals surface area contributed by atoms with Crippen LogP contribution in [0, 0.1) is 12.3 Å². The number of ether oxygens (including phenoxy) is 1. The Labute approximate surface area is 161 Å². The van der Waals surface area contributed by atoms with Crippen molar-refractivity contribution in [1.82, 2.24) is 4.90 Å². The van der Waals surface area contributed by atoms with Crippen molar-refractivity contribution < 1.29 is 27.5 Å². The van der Waals surface area contributed by atoms with Gasteiger partial charge in [-0.3, -0.25) is 4.79 Å². The standard InChI is InChI=1S/C19H22F3N3O3/c1-4-12-28-17(26)15-13-14(23(3)18(27)19(20,21)22)6-7-16(15)25-10-8-24(5-2)9-11-25/h1,6-7,13H,5,8-12H2,2-3H3. The van der Waals surface area contributed by atoms with Crippen LogP contribution in [0.2, 0.25) is 0 Å². The van der Waals surface area contributed by atoms with Crippen molar-refractivity contribution in [3.63, 3.8) is 0 Å². The van der Waals surface area contributed by atoms with Crippen LogP contribution in [0.5, 0.6) is 0 Å². The number of carbonyl (C=O) groups is 2. The van der Waals surface area contributed by atoms with Gasteiger partial charge in [-0.15, -0.1) is 6.42 Å². The van der Waals surface area contributed by atoms with Crippen molar-refractivity contribution in [3.05, 3.63) is 23.8 Å². The highest BCUT2D eigenvalue weighted by molar-refractivity contribution is 6.01. The maximum absolute atomic E-state index is 12.7. The molecule has 1 fully saturated rings. The van der Waals surface area contributed by atoms with Gasteiger partial charge < -0.3 is 19.4 Å². The normalized spacial score (nSPS) is 15.1. The second kappa shape index (κ2) is 8.97. The number of hydrogen-bond acceptors (Lipinski definition) is 5. The van der Waals surface area contributed by atoms with E-state index in [1.807, 2.05) is 4.90 Å². The molecule has 0 N–H and O–H groups in total. The number of terminal acetylenes is 1. The summed E-state index contributed by atoms with van der Waals surface area (Å²) in [6.45, 7) is 5.60. The number of halogens is 3. The number of esters is 1. The van der Waals surface area contributed by atoms with Crippen LogP contribution in [0.1, 0.15) is 17.3 Å². The van der Waals surface area contributed by atoms with E-state index in [9.17, 15) is 22.8 Å². The van der Waals surface area contributed by atoms with Crippen molar-refractivity contribution in [2.45, 2.75) is 13.1 Å². The second-order valence-corrected chi connectivity index (χ2v) is 6.26. The molecule has 1 aliphatic rings. The lowest BCUT2D eigenvalue weighted by Gasteiger charge is -2.36. The largest absolute Gasteiger partial charge is 0.471 e. The molecule has 0 aliphatic carbocycles. The molecule has 0 bridgehead atoms. The molecular weight excluding hydrogens is 375 g/mol. The Balaban J connectivity index is 2.36. The fourth-order valence-corrected chi connectivity index (χ4v) is 2.97. The van der Waals surface area contributed by atoms with Crippen molar-refractivity contribution in [2.24, 2.45) is 0 Å². The number of rotatable bonds is 5. The Morgan fingerprint density at radius 2 is 1.89 bits per heavy atom. The quantitative estimate of drug-likeness (QED) is 0.563. The molecule has 0 saturated carbocycles. The zero-order valence-corrected chi connectivity index (χ0v) is 15.8. The molecule has 1 heterocycles. The summed E-state index contributed by atoms with van der Waals surface area (Å²) in [5, 5.41) is 0. The summed E-state index contributed by atoms with van der Waals surface area (Å²) in [6.07, 6.45) is 0.0912. The molecule has 0 spiro atoms. The van der Waals surface area contributed by atoms with Crippen LogP contribution in [0.4, 0.5) is 24.5 Å². The number of anilines is 2. The maximum Gasteiger partial charge on any atom is 0.471 e. The molecule has 0 atom stereocenters. The SMILES string of the molecule is C#CCOC(=O)c1cc(N(C)C(=O)C(F)(F)F)ccc1N1CCN(CC)CC1. The van der Waals surface area contributed by atoms with E-state index in [-0.39, 0.29) is 17.9 Å². The van der Waals surface area contributed by atoms with Crippen LogP contribution in [0.3, 0.4) is 0 Å². The molecule has 1 saturated heterocycles. The van der Waals surface area contributed by atoms with Crippen LogP contribution in [-0.2, 0) is 9.53 Å². The summed E-state index contributed by atoms with van der Waals surface area (Å²) >= 11 is 0. The van der Waals surface area contributed by atoms with E-state index in [0.29, 0.717) is 23.7 Å². The van der Waals surface area contributed by atoms with E-state index in [1.165, 1.54) is 18.2 Å². The number of nitrogens with zero attached hydrogens (tertiary/aromatic N) is 3. The minimum atomic E-state index is -5.02. The van der Waals surface area contributed by atoms with Crippen LogP contribution >= 0.6 is 0 Å². The molecule has 1 amide bonds. The number of hydrogen-bond donors (Lipinski definition) is 0. The van der Waals surface area contributed by atoms with Crippen LogP contribution in [0.25, 0.3) is 0 Å². The third kappa shape index (κ3) is 4.95. The lowest BCUT2D eigenvalue weighted by atomic mass is 10.1. The Bertz CT molecular complexity index is 766. The summed E-state index contributed by atoms with van der Waals surface area (Å²) in [6, 6.07) is 4.14. The first kappa shape index (κ1) is 21.6. The number of benzene rings is 1. The first-order valence-electron chi connectivity index (χ1n) is 8.75. The Kier molecular flexibility index (Phi) is 6.91. The summed E-state index contributed by atoms with van der Waals surface area (Å²) < 4.78 is 43.2. The smallest absolute Gasteiger partial charge is 0.449 e. The van der Waals surface area contributed by atoms with Gasteiger partial charge in [0.25, 0.3) is 0 Å². The number of carbonyl (C=O) groups excluding carboxylic acids is 2. The first-order chi connectivity index (χ1) is 13.2. The molecule has 152 valence electrons. The lowest BCUT2D eigenvalue weighted by Crippen LogP contribution is -2.46. The predicted octanol–water partition coefficient (Wildman–Crippen LogP) is 2.14. The van der Waals surface area contributed by atoms with Gasteiger partial charge in [0.05, 0.1) is 11.3 Å². The van der Waals surface area contributed by atoms with Crippen molar-refractivity contribution in [3.8, 4) is 12.3 Å². The van der Waals surface area contributed by atoms with Crippen LogP contribution < -0.4 is 9.80 Å². The maximum atomic E-state index is 12.7.